The molecule has 0 atom stereocenters. The van der Waals surface area contributed by atoms with Crippen LogP contribution in [0.2, 0.25) is 5.02 Å². The van der Waals surface area contributed by atoms with E-state index in [0.717, 1.165) is 16.2 Å². The van der Waals surface area contributed by atoms with Crippen LogP contribution in [0, 0.1) is 13.8 Å². The standard InChI is InChI=1S/C20H23ClN4OS/c1-13-9-17-18(10-14(13)2)27-20(25-17)24-8-7-23-19(26)12-22-11-15-5-3-4-6-16(15)21/h3-6,9-10,22H,7-8,11-12H2,1-2H3,(H,23,26)(H,24,25). The second kappa shape index (κ2) is 9.17. The van der Waals surface area contributed by atoms with Gasteiger partial charge in [-0.3, -0.25) is 4.79 Å². The lowest BCUT2D eigenvalue weighted by molar-refractivity contribution is -0.120. The van der Waals surface area contributed by atoms with Crippen LogP contribution in [0.15, 0.2) is 36.4 Å². The zero-order chi connectivity index (χ0) is 19.2. The van der Waals surface area contributed by atoms with E-state index in [0.29, 0.717) is 24.7 Å². The third-order valence-electron chi connectivity index (χ3n) is 4.29. The van der Waals surface area contributed by atoms with Gasteiger partial charge in [0.2, 0.25) is 5.91 Å². The van der Waals surface area contributed by atoms with Gasteiger partial charge < -0.3 is 16.0 Å². The molecule has 1 aromatic heterocycles. The largest absolute Gasteiger partial charge is 0.360 e. The maximum absolute atomic E-state index is 11.9. The van der Waals surface area contributed by atoms with E-state index in [1.54, 1.807) is 11.3 Å². The van der Waals surface area contributed by atoms with Gasteiger partial charge in [-0.05, 0) is 48.7 Å². The molecular weight excluding hydrogens is 380 g/mol. The summed E-state index contributed by atoms with van der Waals surface area (Å²) in [7, 11) is 0. The van der Waals surface area contributed by atoms with Crippen molar-refractivity contribution in [2.24, 2.45) is 0 Å². The summed E-state index contributed by atoms with van der Waals surface area (Å²) in [4.78, 5) is 16.5. The number of amides is 1. The van der Waals surface area contributed by atoms with Gasteiger partial charge in [0.05, 0.1) is 16.8 Å². The number of aryl methyl sites for hydroxylation is 2. The number of aromatic nitrogens is 1. The zero-order valence-corrected chi connectivity index (χ0v) is 17.0. The first-order chi connectivity index (χ1) is 13.0. The molecule has 0 saturated heterocycles. The minimum absolute atomic E-state index is 0.0422. The summed E-state index contributed by atoms with van der Waals surface area (Å²) in [6.45, 7) is 6.20. The van der Waals surface area contributed by atoms with Crippen LogP contribution in [0.3, 0.4) is 0 Å². The maximum atomic E-state index is 11.9. The number of fused-ring (bicyclic) bond motifs is 1. The van der Waals surface area contributed by atoms with Crippen LogP contribution in [0.1, 0.15) is 16.7 Å². The molecule has 2 aromatic carbocycles. The summed E-state index contributed by atoms with van der Waals surface area (Å²) < 4.78 is 1.17. The highest BCUT2D eigenvalue weighted by atomic mass is 35.5. The summed E-state index contributed by atoms with van der Waals surface area (Å²) in [6.07, 6.45) is 0. The molecule has 0 spiro atoms. The highest BCUT2D eigenvalue weighted by Crippen LogP contribution is 2.28. The molecule has 0 aliphatic carbocycles. The van der Waals surface area contributed by atoms with E-state index in [2.05, 4.69) is 46.9 Å². The van der Waals surface area contributed by atoms with Crippen LogP contribution in [-0.2, 0) is 11.3 Å². The number of halogens is 1. The lowest BCUT2D eigenvalue weighted by Crippen LogP contribution is -2.36. The van der Waals surface area contributed by atoms with Crippen molar-refractivity contribution in [3.05, 3.63) is 58.1 Å². The zero-order valence-electron chi connectivity index (χ0n) is 15.4. The number of nitrogens with one attached hydrogen (secondary N) is 3. The number of hydrogen-bond donors (Lipinski definition) is 3. The van der Waals surface area contributed by atoms with E-state index in [1.807, 2.05) is 24.3 Å². The highest BCUT2D eigenvalue weighted by Gasteiger charge is 2.06. The third-order valence-corrected chi connectivity index (χ3v) is 5.63. The average molecular weight is 403 g/mol. The van der Waals surface area contributed by atoms with Crippen molar-refractivity contribution < 1.29 is 4.79 Å². The predicted octanol–water partition coefficient (Wildman–Crippen LogP) is 3.88. The van der Waals surface area contributed by atoms with Crippen molar-refractivity contribution in [1.29, 1.82) is 0 Å². The second-order valence-electron chi connectivity index (χ2n) is 6.39. The Labute approximate surface area is 168 Å². The molecule has 0 fully saturated rings. The van der Waals surface area contributed by atoms with E-state index in [4.69, 9.17) is 11.6 Å². The quantitative estimate of drug-likeness (QED) is 0.500. The predicted molar refractivity (Wildman–Crippen MR) is 114 cm³/mol. The van der Waals surface area contributed by atoms with Crippen LogP contribution in [-0.4, -0.2) is 30.5 Å². The summed E-state index contributed by atoms with van der Waals surface area (Å²) in [5, 5.41) is 10.8. The topological polar surface area (TPSA) is 66.0 Å². The lowest BCUT2D eigenvalue weighted by atomic mass is 10.1. The van der Waals surface area contributed by atoms with Crippen molar-refractivity contribution in [2.75, 3.05) is 25.0 Å². The first-order valence-electron chi connectivity index (χ1n) is 8.85. The Morgan fingerprint density at radius 3 is 2.74 bits per heavy atom. The van der Waals surface area contributed by atoms with E-state index in [9.17, 15) is 4.79 Å². The van der Waals surface area contributed by atoms with Gasteiger partial charge in [0.25, 0.3) is 0 Å². The number of thiazole rings is 1. The fourth-order valence-electron chi connectivity index (χ4n) is 2.64. The summed E-state index contributed by atoms with van der Waals surface area (Å²) in [5.41, 5.74) is 4.51. The van der Waals surface area contributed by atoms with E-state index in [1.165, 1.54) is 15.8 Å². The highest BCUT2D eigenvalue weighted by molar-refractivity contribution is 7.22. The SMILES string of the molecule is Cc1cc2nc(NCCNC(=O)CNCc3ccccc3Cl)sc2cc1C. The number of hydrogen-bond acceptors (Lipinski definition) is 5. The molecule has 1 heterocycles. The Morgan fingerprint density at radius 2 is 1.93 bits per heavy atom. The van der Waals surface area contributed by atoms with Crippen LogP contribution in [0.5, 0.6) is 0 Å². The molecule has 0 aliphatic heterocycles. The number of nitrogens with zero attached hydrogens (tertiary/aromatic N) is 1. The van der Waals surface area contributed by atoms with E-state index >= 15 is 0 Å². The fraction of sp³-hybridized carbons (Fsp3) is 0.300. The summed E-state index contributed by atoms with van der Waals surface area (Å²) in [5.74, 6) is -0.0422. The van der Waals surface area contributed by atoms with Gasteiger partial charge in [-0.1, -0.05) is 41.1 Å². The smallest absolute Gasteiger partial charge is 0.234 e. The molecule has 0 bridgehead atoms. The summed E-state index contributed by atoms with van der Waals surface area (Å²) in [6, 6.07) is 11.9. The van der Waals surface area contributed by atoms with Gasteiger partial charge in [-0.15, -0.1) is 0 Å². The van der Waals surface area contributed by atoms with Gasteiger partial charge in [0.15, 0.2) is 5.13 Å². The number of rotatable bonds is 8. The Morgan fingerprint density at radius 1 is 1.15 bits per heavy atom. The Bertz CT molecular complexity index is 902. The fourth-order valence-corrected chi connectivity index (χ4v) is 3.82. The van der Waals surface area contributed by atoms with Crippen molar-refractivity contribution >= 4 is 44.2 Å². The van der Waals surface area contributed by atoms with E-state index in [-0.39, 0.29) is 12.5 Å². The first-order valence-corrected chi connectivity index (χ1v) is 10.0. The number of anilines is 1. The van der Waals surface area contributed by atoms with Crippen LogP contribution >= 0.6 is 22.9 Å². The Hall–Kier alpha value is -2.15. The van der Waals surface area contributed by atoms with Crippen LogP contribution < -0.4 is 16.0 Å². The molecule has 3 N–H and O–H groups in total. The van der Waals surface area contributed by atoms with Gasteiger partial charge >= 0.3 is 0 Å². The van der Waals surface area contributed by atoms with Crippen molar-refractivity contribution in [3.63, 3.8) is 0 Å². The minimum atomic E-state index is -0.0422. The van der Waals surface area contributed by atoms with Crippen molar-refractivity contribution in [1.82, 2.24) is 15.6 Å². The maximum Gasteiger partial charge on any atom is 0.234 e. The lowest BCUT2D eigenvalue weighted by Gasteiger charge is -2.08. The molecule has 27 heavy (non-hydrogen) atoms. The van der Waals surface area contributed by atoms with Crippen molar-refractivity contribution in [2.45, 2.75) is 20.4 Å². The van der Waals surface area contributed by atoms with Crippen molar-refractivity contribution in [3.8, 4) is 0 Å². The van der Waals surface area contributed by atoms with Crippen LogP contribution in [0.25, 0.3) is 10.2 Å². The number of carbonyl (C=O) groups excluding carboxylic acids is 1. The molecular formula is C20H23ClN4OS. The molecule has 142 valence electrons. The van der Waals surface area contributed by atoms with Gasteiger partial charge in [0.1, 0.15) is 0 Å². The normalized spacial score (nSPS) is 10.9. The monoisotopic (exact) mass is 402 g/mol. The van der Waals surface area contributed by atoms with Gasteiger partial charge in [-0.2, -0.15) is 0 Å². The van der Waals surface area contributed by atoms with Crippen LogP contribution in [0.4, 0.5) is 5.13 Å². The molecule has 0 aliphatic rings. The number of carbonyl (C=O) groups is 1. The molecule has 7 heteroatoms. The molecule has 5 nitrogen and oxygen atoms in total. The minimum Gasteiger partial charge on any atom is -0.360 e. The van der Waals surface area contributed by atoms with E-state index < -0.39 is 0 Å². The molecule has 3 rings (SSSR count). The average Bonchev–Trinajstić information content (AvgIpc) is 3.02. The molecule has 0 radical (unpaired) electrons. The van der Waals surface area contributed by atoms with Gasteiger partial charge in [-0.25, -0.2) is 4.98 Å². The molecule has 3 aromatic rings. The molecule has 0 saturated carbocycles. The third kappa shape index (κ3) is 5.42. The molecule has 0 unspecified atom stereocenters. The first kappa shape index (κ1) is 19.6. The molecule has 1 amide bonds. The Balaban J connectivity index is 1.37. The Kier molecular flexibility index (Phi) is 6.66. The summed E-state index contributed by atoms with van der Waals surface area (Å²) >= 11 is 7.72. The second-order valence-corrected chi connectivity index (χ2v) is 7.83. The number of benzene rings is 2. The van der Waals surface area contributed by atoms with Gasteiger partial charge in [0, 0.05) is 24.7 Å².